The third-order valence-corrected chi connectivity index (χ3v) is 7.18. The Labute approximate surface area is 234 Å². The molecule has 2 aliphatic rings. The van der Waals surface area contributed by atoms with Crippen LogP contribution in [0.25, 0.3) is 0 Å². The fourth-order valence-corrected chi connectivity index (χ4v) is 5.19. The van der Waals surface area contributed by atoms with Gasteiger partial charge in [-0.2, -0.15) is 0 Å². The highest BCUT2D eigenvalue weighted by atomic mass is 16.5. The normalized spacial score (nSPS) is 17.1. The minimum atomic E-state index is -0.428. The zero-order chi connectivity index (χ0) is 27.3. The van der Waals surface area contributed by atoms with Gasteiger partial charge in [-0.05, 0) is 48.0 Å². The molecule has 2 aliphatic heterocycles. The van der Waals surface area contributed by atoms with E-state index in [9.17, 15) is 4.79 Å². The van der Waals surface area contributed by atoms with Gasteiger partial charge in [0, 0.05) is 37.0 Å². The van der Waals surface area contributed by atoms with E-state index >= 15 is 0 Å². The summed E-state index contributed by atoms with van der Waals surface area (Å²) in [6.07, 6.45) is -0.428. The molecule has 1 atom stereocenters. The average Bonchev–Trinajstić information content (AvgIpc) is 3.43. The van der Waals surface area contributed by atoms with Gasteiger partial charge in [0.1, 0.15) is 12.4 Å². The molecule has 7 nitrogen and oxygen atoms in total. The standard InChI is InChI=1S/C33H32N4O3/c1-25(38)32-34-37(29-12-6-3-7-13-29)33(30-14-8-9-15-31(30)40-24-26-10-4-2-5-11-26)36(32)28-18-16-27(17-19-28)35-20-22-39-23-21-35/h2-19,33H,20-24H2,1H3. The molecule has 4 aromatic carbocycles. The van der Waals surface area contributed by atoms with Gasteiger partial charge in [0.25, 0.3) is 0 Å². The number of morpholine rings is 1. The molecule has 1 saturated heterocycles. The number of para-hydroxylation sites is 2. The SMILES string of the molecule is CC(=O)C1=NN(c2ccccc2)C(c2ccccc2OCc2ccccc2)N1c1ccc(N2CCOCC2)cc1. The van der Waals surface area contributed by atoms with Crippen molar-refractivity contribution < 1.29 is 14.3 Å². The van der Waals surface area contributed by atoms with Crippen LogP contribution in [0, 0.1) is 0 Å². The fraction of sp³-hybridized carbons (Fsp3) is 0.212. The zero-order valence-electron chi connectivity index (χ0n) is 22.5. The third-order valence-electron chi connectivity index (χ3n) is 7.18. The van der Waals surface area contributed by atoms with E-state index in [0.29, 0.717) is 12.4 Å². The molecule has 4 aromatic rings. The van der Waals surface area contributed by atoms with Crippen molar-refractivity contribution in [3.63, 3.8) is 0 Å². The van der Waals surface area contributed by atoms with Gasteiger partial charge < -0.3 is 14.4 Å². The second-order valence-electron chi connectivity index (χ2n) is 9.83. The quantitative estimate of drug-likeness (QED) is 0.276. The van der Waals surface area contributed by atoms with Gasteiger partial charge in [-0.15, -0.1) is 5.10 Å². The summed E-state index contributed by atoms with van der Waals surface area (Å²) in [4.78, 5) is 17.4. The van der Waals surface area contributed by atoms with Crippen LogP contribution in [-0.2, 0) is 16.1 Å². The molecule has 0 aliphatic carbocycles. The summed E-state index contributed by atoms with van der Waals surface area (Å²) < 4.78 is 11.9. The maximum absolute atomic E-state index is 13.0. The third kappa shape index (κ3) is 5.28. The highest BCUT2D eigenvalue weighted by molar-refractivity contribution is 6.44. The molecule has 1 fully saturated rings. The molecule has 7 heteroatoms. The summed E-state index contributed by atoms with van der Waals surface area (Å²) in [6.45, 7) is 5.17. The van der Waals surface area contributed by atoms with Gasteiger partial charge in [0.15, 0.2) is 17.8 Å². The second kappa shape index (κ2) is 11.6. The van der Waals surface area contributed by atoms with Gasteiger partial charge >= 0.3 is 0 Å². The Morgan fingerprint density at radius 3 is 2.12 bits per heavy atom. The number of nitrogens with zero attached hydrogens (tertiary/aromatic N) is 4. The van der Waals surface area contributed by atoms with E-state index in [1.54, 1.807) is 6.92 Å². The first-order valence-electron chi connectivity index (χ1n) is 13.6. The Bertz CT molecular complexity index is 1470. The minimum Gasteiger partial charge on any atom is -0.488 e. The van der Waals surface area contributed by atoms with Crippen molar-refractivity contribution in [2.24, 2.45) is 5.10 Å². The van der Waals surface area contributed by atoms with Gasteiger partial charge in [-0.25, -0.2) is 5.01 Å². The van der Waals surface area contributed by atoms with Gasteiger partial charge in [-0.3, -0.25) is 9.69 Å². The number of Topliss-reactive ketones (excluding diaryl/α,β-unsaturated/α-hetero) is 1. The number of ketones is 1. The fourth-order valence-electron chi connectivity index (χ4n) is 5.19. The van der Waals surface area contributed by atoms with E-state index in [1.807, 2.05) is 88.8 Å². The maximum atomic E-state index is 13.0. The van der Waals surface area contributed by atoms with Crippen molar-refractivity contribution in [2.75, 3.05) is 41.1 Å². The number of benzene rings is 4. The lowest BCUT2D eigenvalue weighted by Gasteiger charge is -2.33. The van der Waals surface area contributed by atoms with Crippen LogP contribution in [0.1, 0.15) is 24.2 Å². The maximum Gasteiger partial charge on any atom is 0.198 e. The Hall–Kier alpha value is -4.62. The Morgan fingerprint density at radius 2 is 1.43 bits per heavy atom. The van der Waals surface area contributed by atoms with Gasteiger partial charge in [-0.1, -0.05) is 66.7 Å². The number of amidine groups is 1. The van der Waals surface area contributed by atoms with Crippen molar-refractivity contribution in [2.45, 2.75) is 19.7 Å². The molecule has 0 spiro atoms. The number of carbonyl (C=O) groups excluding carboxylic acids is 1. The molecule has 0 amide bonds. The van der Waals surface area contributed by atoms with E-state index in [0.717, 1.165) is 60.2 Å². The zero-order valence-corrected chi connectivity index (χ0v) is 22.5. The van der Waals surface area contributed by atoms with E-state index in [1.165, 1.54) is 0 Å². The molecule has 0 bridgehead atoms. The molecular formula is C33H32N4O3. The van der Waals surface area contributed by atoms with Crippen molar-refractivity contribution in [1.82, 2.24) is 0 Å². The molecule has 40 heavy (non-hydrogen) atoms. The van der Waals surface area contributed by atoms with Crippen molar-refractivity contribution >= 4 is 28.7 Å². The van der Waals surface area contributed by atoms with E-state index < -0.39 is 6.17 Å². The minimum absolute atomic E-state index is 0.108. The predicted octanol–water partition coefficient (Wildman–Crippen LogP) is 6.03. The lowest BCUT2D eigenvalue weighted by atomic mass is 10.1. The average molecular weight is 533 g/mol. The van der Waals surface area contributed by atoms with E-state index in [2.05, 4.69) is 35.2 Å². The summed E-state index contributed by atoms with van der Waals surface area (Å²) in [5, 5.41) is 6.80. The number of rotatable bonds is 8. The summed E-state index contributed by atoms with van der Waals surface area (Å²) in [5.41, 5.74) is 4.90. The lowest BCUT2D eigenvalue weighted by molar-refractivity contribution is -0.111. The second-order valence-corrected chi connectivity index (χ2v) is 9.83. The number of carbonyl (C=O) groups is 1. The molecule has 2 heterocycles. The first-order valence-corrected chi connectivity index (χ1v) is 13.6. The molecule has 0 saturated carbocycles. The largest absolute Gasteiger partial charge is 0.488 e. The topological polar surface area (TPSA) is 57.6 Å². The van der Waals surface area contributed by atoms with E-state index in [4.69, 9.17) is 14.6 Å². The molecule has 1 unspecified atom stereocenters. The summed E-state index contributed by atoms with van der Waals surface area (Å²) in [7, 11) is 0. The van der Waals surface area contributed by atoms with Crippen LogP contribution in [0.4, 0.5) is 17.1 Å². The smallest absolute Gasteiger partial charge is 0.198 e. The predicted molar refractivity (Wildman–Crippen MR) is 159 cm³/mol. The van der Waals surface area contributed by atoms with Crippen molar-refractivity contribution in [3.8, 4) is 5.75 Å². The van der Waals surface area contributed by atoms with Crippen LogP contribution >= 0.6 is 0 Å². The number of hydrazone groups is 1. The number of hydrogen-bond donors (Lipinski definition) is 0. The Morgan fingerprint density at radius 1 is 0.800 bits per heavy atom. The number of ether oxygens (including phenoxy) is 2. The van der Waals surface area contributed by atoms with Crippen LogP contribution in [0.15, 0.2) is 114 Å². The first-order chi connectivity index (χ1) is 19.7. The highest BCUT2D eigenvalue weighted by Gasteiger charge is 2.40. The first kappa shape index (κ1) is 25.6. The lowest BCUT2D eigenvalue weighted by Crippen LogP contribution is -2.38. The summed E-state index contributed by atoms with van der Waals surface area (Å²) in [5.74, 6) is 1.02. The monoisotopic (exact) mass is 532 g/mol. The van der Waals surface area contributed by atoms with Gasteiger partial charge in [0.2, 0.25) is 0 Å². The Balaban J connectivity index is 1.41. The molecular weight excluding hydrogens is 500 g/mol. The molecule has 0 N–H and O–H groups in total. The van der Waals surface area contributed by atoms with Crippen LogP contribution in [0.2, 0.25) is 0 Å². The van der Waals surface area contributed by atoms with Crippen molar-refractivity contribution in [3.05, 3.63) is 120 Å². The molecule has 202 valence electrons. The van der Waals surface area contributed by atoms with Gasteiger partial charge in [0.05, 0.1) is 18.9 Å². The van der Waals surface area contributed by atoms with Crippen LogP contribution < -0.4 is 19.5 Å². The number of hydrogen-bond acceptors (Lipinski definition) is 7. The van der Waals surface area contributed by atoms with Crippen molar-refractivity contribution in [1.29, 1.82) is 0 Å². The van der Waals surface area contributed by atoms with E-state index in [-0.39, 0.29) is 5.78 Å². The Kier molecular flexibility index (Phi) is 7.46. The number of anilines is 3. The molecule has 6 rings (SSSR count). The summed E-state index contributed by atoms with van der Waals surface area (Å²) >= 11 is 0. The molecule has 0 radical (unpaired) electrons. The molecule has 0 aromatic heterocycles. The van der Waals surface area contributed by atoms with Crippen LogP contribution in [0.5, 0.6) is 5.75 Å². The highest BCUT2D eigenvalue weighted by Crippen LogP contribution is 2.42. The van der Waals surface area contributed by atoms with Crippen LogP contribution in [-0.4, -0.2) is 37.9 Å². The van der Waals surface area contributed by atoms with Crippen LogP contribution in [0.3, 0.4) is 0 Å². The summed E-state index contributed by atoms with van der Waals surface area (Å²) in [6, 6.07) is 36.4.